The Bertz CT molecular complexity index is 477. The molecule has 20 heavy (non-hydrogen) atoms. The van der Waals surface area contributed by atoms with Gasteiger partial charge in [-0.3, -0.25) is 9.59 Å². The lowest BCUT2D eigenvalue weighted by Gasteiger charge is -2.18. The molecule has 1 rings (SSSR count). The highest BCUT2D eigenvalue weighted by molar-refractivity contribution is 6.30. The molecular weight excluding hydrogens is 288 g/mol. The minimum absolute atomic E-state index is 0.0926. The van der Waals surface area contributed by atoms with Gasteiger partial charge in [0, 0.05) is 30.0 Å². The fourth-order valence-corrected chi connectivity index (χ4v) is 1.84. The van der Waals surface area contributed by atoms with E-state index in [2.05, 4.69) is 0 Å². The van der Waals surface area contributed by atoms with Crippen molar-refractivity contribution in [3.05, 3.63) is 34.9 Å². The van der Waals surface area contributed by atoms with Gasteiger partial charge in [0.15, 0.2) is 5.78 Å². The Morgan fingerprint density at radius 1 is 1.25 bits per heavy atom. The molecule has 0 radical (unpaired) electrons. The maximum atomic E-state index is 12.2. The number of ketones is 1. The van der Waals surface area contributed by atoms with Crippen LogP contribution in [0.25, 0.3) is 0 Å². The number of hydrogen-bond donors (Lipinski definition) is 0. The number of hydrogen-bond acceptors (Lipinski definition) is 2. The summed E-state index contributed by atoms with van der Waals surface area (Å²) >= 11 is 5.73. The third-order valence-corrected chi connectivity index (χ3v) is 3.15. The van der Waals surface area contributed by atoms with E-state index in [0.717, 1.165) is 4.90 Å². The summed E-state index contributed by atoms with van der Waals surface area (Å²) in [5, 5.41) is 0.516. The summed E-state index contributed by atoms with van der Waals surface area (Å²) in [6.07, 6.45) is -2.67. The van der Waals surface area contributed by atoms with E-state index in [4.69, 9.17) is 11.6 Å². The van der Waals surface area contributed by atoms with Crippen molar-refractivity contribution in [3.8, 4) is 0 Å². The number of alkyl halides is 2. The number of halogens is 3. The van der Waals surface area contributed by atoms with Crippen molar-refractivity contribution in [2.75, 3.05) is 13.6 Å². The molecular formula is C14H16ClF2NO2. The minimum Gasteiger partial charge on any atom is -0.340 e. The fourth-order valence-electron chi connectivity index (χ4n) is 1.72. The molecule has 110 valence electrons. The predicted molar refractivity (Wildman–Crippen MR) is 73.2 cm³/mol. The normalized spacial score (nSPS) is 12.3. The van der Waals surface area contributed by atoms with Gasteiger partial charge in [-0.2, -0.15) is 0 Å². The number of carbonyl (C=O) groups excluding carboxylic acids is 2. The summed E-state index contributed by atoms with van der Waals surface area (Å²) in [4.78, 5) is 24.7. The van der Waals surface area contributed by atoms with Gasteiger partial charge in [-0.05, 0) is 24.3 Å². The highest BCUT2D eigenvalue weighted by Crippen LogP contribution is 2.16. The zero-order chi connectivity index (χ0) is 15.3. The first kappa shape index (κ1) is 16.6. The lowest BCUT2D eigenvalue weighted by molar-refractivity contribution is -0.132. The van der Waals surface area contributed by atoms with Crippen molar-refractivity contribution in [3.63, 3.8) is 0 Å². The largest absolute Gasteiger partial charge is 0.340 e. The zero-order valence-electron chi connectivity index (χ0n) is 11.3. The summed E-state index contributed by atoms with van der Waals surface area (Å²) in [6, 6.07) is 6.33. The zero-order valence-corrected chi connectivity index (χ0v) is 12.0. The minimum atomic E-state index is -2.58. The molecule has 0 heterocycles. The lowest BCUT2D eigenvalue weighted by Crippen LogP contribution is -2.33. The van der Waals surface area contributed by atoms with Crippen molar-refractivity contribution in [1.29, 1.82) is 0 Å². The maximum Gasteiger partial charge on any atom is 0.255 e. The monoisotopic (exact) mass is 303 g/mol. The molecule has 1 atom stereocenters. The second kappa shape index (κ2) is 7.33. The highest BCUT2D eigenvalue weighted by atomic mass is 35.5. The molecule has 1 aromatic carbocycles. The van der Waals surface area contributed by atoms with E-state index in [9.17, 15) is 18.4 Å². The Balaban J connectivity index is 2.61. The first-order valence-electron chi connectivity index (χ1n) is 6.13. The van der Waals surface area contributed by atoms with E-state index in [-0.39, 0.29) is 12.2 Å². The van der Waals surface area contributed by atoms with E-state index in [1.807, 2.05) is 0 Å². The van der Waals surface area contributed by atoms with E-state index >= 15 is 0 Å². The molecule has 6 heteroatoms. The standard InChI is InChI=1S/C14H16ClF2NO2/c1-9(7-13(19)18(2)8-12(16)17)14(20)10-3-5-11(15)6-4-10/h3-6,9,12H,7-8H2,1-2H3/t9-/m1/s1. The second-order valence-corrected chi connectivity index (χ2v) is 5.08. The van der Waals surface area contributed by atoms with E-state index in [1.54, 1.807) is 31.2 Å². The van der Waals surface area contributed by atoms with Crippen LogP contribution < -0.4 is 0 Å². The van der Waals surface area contributed by atoms with Gasteiger partial charge in [-0.25, -0.2) is 8.78 Å². The fraction of sp³-hybridized carbons (Fsp3) is 0.429. The molecule has 1 amide bonds. The van der Waals surface area contributed by atoms with Gasteiger partial charge in [0.2, 0.25) is 5.91 Å². The van der Waals surface area contributed by atoms with Gasteiger partial charge in [-0.1, -0.05) is 18.5 Å². The van der Waals surface area contributed by atoms with Gasteiger partial charge in [0.1, 0.15) is 0 Å². The average Bonchev–Trinajstić information content (AvgIpc) is 2.37. The molecule has 0 aliphatic carbocycles. The van der Waals surface area contributed by atoms with Crippen LogP contribution in [-0.2, 0) is 4.79 Å². The SMILES string of the molecule is C[C@H](CC(=O)N(C)CC(F)F)C(=O)c1ccc(Cl)cc1. The van der Waals surface area contributed by atoms with Crippen molar-refractivity contribution in [2.45, 2.75) is 19.8 Å². The van der Waals surface area contributed by atoms with Gasteiger partial charge in [0.25, 0.3) is 6.43 Å². The quantitative estimate of drug-likeness (QED) is 0.756. The molecule has 0 N–H and O–H groups in total. The molecule has 0 aliphatic heterocycles. The van der Waals surface area contributed by atoms with Crippen LogP contribution in [0.3, 0.4) is 0 Å². The van der Waals surface area contributed by atoms with Crippen LogP contribution in [0, 0.1) is 5.92 Å². The predicted octanol–water partition coefficient (Wildman–Crippen LogP) is 3.27. The Morgan fingerprint density at radius 2 is 1.80 bits per heavy atom. The number of nitrogens with zero attached hydrogens (tertiary/aromatic N) is 1. The maximum absolute atomic E-state index is 12.2. The Labute approximate surface area is 121 Å². The molecule has 0 unspecified atom stereocenters. The molecule has 0 spiro atoms. The Hall–Kier alpha value is -1.49. The topological polar surface area (TPSA) is 37.4 Å². The summed E-state index contributed by atoms with van der Waals surface area (Å²) in [5.74, 6) is -1.25. The molecule has 0 saturated heterocycles. The summed E-state index contributed by atoms with van der Waals surface area (Å²) < 4.78 is 24.3. The van der Waals surface area contributed by atoms with Crippen molar-refractivity contribution in [2.24, 2.45) is 5.92 Å². The van der Waals surface area contributed by atoms with Crippen LogP contribution in [-0.4, -0.2) is 36.6 Å². The van der Waals surface area contributed by atoms with Crippen LogP contribution in [0.4, 0.5) is 8.78 Å². The van der Waals surface area contributed by atoms with Crippen molar-refractivity contribution >= 4 is 23.3 Å². The van der Waals surface area contributed by atoms with Crippen LogP contribution >= 0.6 is 11.6 Å². The number of rotatable bonds is 6. The third kappa shape index (κ3) is 4.89. The average molecular weight is 304 g/mol. The number of amides is 1. The molecule has 0 bridgehead atoms. The summed E-state index contributed by atoms with van der Waals surface area (Å²) in [5.41, 5.74) is 0.450. The van der Waals surface area contributed by atoms with E-state index in [1.165, 1.54) is 7.05 Å². The van der Waals surface area contributed by atoms with Gasteiger partial charge >= 0.3 is 0 Å². The van der Waals surface area contributed by atoms with Gasteiger partial charge < -0.3 is 4.90 Å². The van der Waals surface area contributed by atoms with Crippen LogP contribution in [0.5, 0.6) is 0 Å². The molecule has 3 nitrogen and oxygen atoms in total. The smallest absolute Gasteiger partial charge is 0.255 e. The van der Waals surface area contributed by atoms with Crippen molar-refractivity contribution < 1.29 is 18.4 Å². The molecule has 0 aromatic heterocycles. The summed E-state index contributed by atoms with van der Waals surface area (Å²) in [7, 11) is 1.30. The van der Waals surface area contributed by atoms with Gasteiger partial charge in [-0.15, -0.1) is 0 Å². The number of benzene rings is 1. The van der Waals surface area contributed by atoms with Crippen molar-refractivity contribution in [1.82, 2.24) is 4.90 Å². The lowest BCUT2D eigenvalue weighted by atomic mass is 9.96. The summed E-state index contributed by atoms with van der Waals surface area (Å²) in [6.45, 7) is 0.978. The Kier molecular flexibility index (Phi) is 6.07. The second-order valence-electron chi connectivity index (χ2n) is 4.64. The molecule has 0 fully saturated rings. The van der Waals surface area contributed by atoms with Crippen LogP contribution in [0.15, 0.2) is 24.3 Å². The first-order chi connectivity index (χ1) is 9.31. The first-order valence-corrected chi connectivity index (χ1v) is 6.51. The van der Waals surface area contributed by atoms with E-state index in [0.29, 0.717) is 10.6 Å². The van der Waals surface area contributed by atoms with Gasteiger partial charge in [0.05, 0.1) is 6.54 Å². The molecule has 0 saturated carbocycles. The number of carbonyl (C=O) groups is 2. The van der Waals surface area contributed by atoms with Crippen LogP contribution in [0.2, 0.25) is 5.02 Å². The number of Topliss-reactive ketones (excluding diaryl/α,β-unsaturated/α-hetero) is 1. The highest BCUT2D eigenvalue weighted by Gasteiger charge is 2.21. The molecule has 1 aromatic rings. The molecule has 0 aliphatic rings. The van der Waals surface area contributed by atoms with Crippen LogP contribution in [0.1, 0.15) is 23.7 Å². The Morgan fingerprint density at radius 3 is 2.30 bits per heavy atom. The van der Waals surface area contributed by atoms with E-state index < -0.39 is 24.8 Å². The third-order valence-electron chi connectivity index (χ3n) is 2.89.